The van der Waals surface area contributed by atoms with Crippen LogP contribution in [0.1, 0.15) is 42.2 Å². The van der Waals surface area contributed by atoms with Crippen molar-refractivity contribution in [2.24, 2.45) is 0 Å². The second-order valence-corrected chi connectivity index (χ2v) is 5.83. The van der Waals surface area contributed by atoms with Gasteiger partial charge in [-0.15, -0.1) is 0 Å². The highest BCUT2D eigenvalue weighted by Gasteiger charge is 2.40. The van der Waals surface area contributed by atoms with Gasteiger partial charge >= 0.3 is 0 Å². The van der Waals surface area contributed by atoms with E-state index in [2.05, 4.69) is 0 Å². The first-order valence-corrected chi connectivity index (χ1v) is 7.78. The van der Waals surface area contributed by atoms with Crippen LogP contribution in [0, 0.1) is 0 Å². The predicted molar refractivity (Wildman–Crippen MR) is 90.3 cm³/mol. The van der Waals surface area contributed by atoms with E-state index in [9.17, 15) is 14.4 Å². The van der Waals surface area contributed by atoms with Crippen LogP contribution in [-0.2, 0) is 9.59 Å². The molecule has 2 aromatic rings. The molecule has 5 heteroatoms. The third-order valence-electron chi connectivity index (χ3n) is 4.06. The molecule has 5 nitrogen and oxygen atoms in total. The number of nitrogens with zero attached hydrogens (tertiary/aromatic N) is 2. The van der Waals surface area contributed by atoms with Crippen LogP contribution in [-0.4, -0.2) is 22.6 Å². The van der Waals surface area contributed by atoms with Gasteiger partial charge in [-0.25, -0.2) is 10.0 Å². The molecule has 122 valence electrons. The van der Waals surface area contributed by atoms with Crippen LogP contribution in [0.4, 0.5) is 5.69 Å². The maximum Gasteiger partial charge on any atom is 0.277 e. The lowest BCUT2D eigenvalue weighted by Crippen LogP contribution is -2.55. The van der Waals surface area contributed by atoms with Gasteiger partial charge < -0.3 is 0 Å². The van der Waals surface area contributed by atoms with Crippen molar-refractivity contribution in [2.75, 3.05) is 5.01 Å². The molecular formula is C19H18N2O3. The molecule has 0 saturated heterocycles. The van der Waals surface area contributed by atoms with Gasteiger partial charge in [-0.05, 0) is 30.7 Å². The normalized spacial score (nSPS) is 16.8. The Labute approximate surface area is 140 Å². The molecule has 0 N–H and O–H groups in total. The second kappa shape index (κ2) is 6.28. The number of hydrogen-bond donors (Lipinski definition) is 0. The van der Waals surface area contributed by atoms with E-state index in [0.29, 0.717) is 16.8 Å². The molecule has 3 rings (SSSR count). The van der Waals surface area contributed by atoms with Gasteiger partial charge in [-0.2, -0.15) is 0 Å². The Morgan fingerprint density at radius 2 is 1.58 bits per heavy atom. The molecule has 0 saturated carbocycles. The number of ketones is 1. The van der Waals surface area contributed by atoms with Crippen molar-refractivity contribution < 1.29 is 14.4 Å². The maximum atomic E-state index is 13.0. The average Bonchev–Trinajstić information content (AvgIpc) is 2.57. The minimum atomic E-state index is -0.492. The highest BCUT2D eigenvalue weighted by atomic mass is 16.2. The van der Waals surface area contributed by atoms with Gasteiger partial charge in [0.1, 0.15) is 5.78 Å². The van der Waals surface area contributed by atoms with Crippen molar-refractivity contribution in [2.45, 2.75) is 26.3 Å². The molecule has 0 aliphatic carbocycles. The molecule has 2 aromatic carbocycles. The molecule has 0 bridgehead atoms. The zero-order valence-electron chi connectivity index (χ0n) is 13.6. The van der Waals surface area contributed by atoms with E-state index in [4.69, 9.17) is 0 Å². The molecule has 0 radical (unpaired) electrons. The third-order valence-corrected chi connectivity index (χ3v) is 4.06. The lowest BCUT2D eigenvalue weighted by atomic mass is 9.93. The zero-order chi connectivity index (χ0) is 17.3. The predicted octanol–water partition coefficient (Wildman–Crippen LogP) is 3.13. The van der Waals surface area contributed by atoms with Crippen LogP contribution in [0.5, 0.6) is 0 Å². The smallest absolute Gasteiger partial charge is 0.277 e. The first kappa shape index (κ1) is 15.9. The Kier molecular flexibility index (Phi) is 4.16. The van der Waals surface area contributed by atoms with E-state index in [1.165, 1.54) is 23.9 Å². The van der Waals surface area contributed by atoms with E-state index in [0.717, 1.165) is 0 Å². The van der Waals surface area contributed by atoms with Gasteiger partial charge in [0.05, 0.1) is 11.7 Å². The van der Waals surface area contributed by atoms with Crippen molar-refractivity contribution in [1.29, 1.82) is 0 Å². The van der Waals surface area contributed by atoms with Crippen molar-refractivity contribution in [1.82, 2.24) is 5.01 Å². The Balaban J connectivity index is 2.20. The highest BCUT2D eigenvalue weighted by molar-refractivity contribution is 6.09. The number of amides is 2. The fourth-order valence-electron chi connectivity index (χ4n) is 3.11. The number of carbonyl (C=O) groups excluding carboxylic acids is 3. The van der Waals surface area contributed by atoms with Crippen LogP contribution in [0.25, 0.3) is 0 Å². The van der Waals surface area contributed by atoms with Crippen LogP contribution in [0.15, 0.2) is 54.6 Å². The maximum absolute atomic E-state index is 13.0. The molecule has 1 aliphatic rings. The monoisotopic (exact) mass is 322 g/mol. The zero-order valence-corrected chi connectivity index (χ0v) is 13.6. The second-order valence-electron chi connectivity index (χ2n) is 5.83. The molecular weight excluding hydrogens is 304 g/mol. The number of Topliss-reactive ketones (excluding diaryl/α,β-unsaturated/α-hetero) is 1. The summed E-state index contributed by atoms with van der Waals surface area (Å²) < 4.78 is 0. The fourth-order valence-corrected chi connectivity index (χ4v) is 3.11. The standard InChI is InChI=1S/C19H18N2O3/c1-13(22)12-18-16-10-6-7-11-17(16)19(24)21(20(18)14(2)23)15-8-4-3-5-9-15/h3-11,18H,12H2,1-2H3. The topological polar surface area (TPSA) is 57.7 Å². The quantitative estimate of drug-likeness (QED) is 0.872. The lowest BCUT2D eigenvalue weighted by molar-refractivity contribution is -0.133. The summed E-state index contributed by atoms with van der Waals surface area (Å²) in [5.74, 6) is -0.594. The highest BCUT2D eigenvalue weighted by Crippen LogP contribution is 2.37. The van der Waals surface area contributed by atoms with Gasteiger partial charge in [0.25, 0.3) is 5.91 Å². The number of fused-ring (bicyclic) bond motifs is 1. The van der Waals surface area contributed by atoms with Crippen molar-refractivity contribution in [3.63, 3.8) is 0 Å². The molecule has 1 aliphatic heterocycles. The molecule has 1 atom stereocenters. The first-order chi connectivity index (χ1) is 11.5. The summed E-state index contributed by atoms with van der Waals surface area (Å²) >= 11 is 0. The number of hydrazine groups is 1. The number of hydrogen-bond acceptors (Lipinski definition) is 3. The summed E-state index contributed by atoms with van der Waals surface area (Å²) in [4.78, 5) is 37.1. The molecule has 0 aromatic heterocycles. The molecule has 1 heterocycles. The average molecular weight is 322 g/mol. The third kappa shape index (κ3) is 2.69. The summed E-state index contributed by atoms with van der Waals surface area (Å²) in [6.45, 7) is 2.90. The van der Waals surface area contributed by atoms with E-state index in [1.807, 2.05) is 12.1 Å². The molecule has 0 spiro atoms. The van der Waals surface area contributed by atoms with Crippen LogP contribution in [0.2, 0.25) is 0 Å². The lowest BCUT2D eigenvalue weighted by Gasteiger charge is -2.44. The van der Waals surface area contributed by atoms with Crippen LogP contribution < -0.4 is 5.01 Å². The van der Waals surface area contributed by atoms with E-state index < -0.39 is 6.04 Å². The fraction of sp³-hybridized carbons (Fsp3) is 0.211. The molecule has 2 amide bonds. The van der Waals surface area contributed by atoms with Crippen molar-refractivity contribution in [3.05, 3.63) is 65.7 Å². The van der Waals surface area contributed by atoms with Gasteiger partial charge in [0.15, 0.2) is 0 Å². The summed E-state index contributed by atoms with van der Waals surface area (Å²) in [5.41, 5.74) is 1.82. The Morgan fingerprint density at radius 3 is 2.21 bits per heavy atom. The minimum absolute atomic E-state index is 0.0385. The van der Waals surface area contributed by atoms with E-state index in [-0.39, 0.29) is 24.0 Å². The van der Waals surface area contributed by atoms with Crippen molar-refractivity contribution in [3.8, 4) is 0 Å². The minimum Gasteiger partial charge on any atom is -0.300 e. The summed E-state index contributed by atoms with van der Waals surface area (Å²) in [6, 6.07) is 15.6. The largest absolute Gasteiger partial charge is 0.300 e. The van der Waals surface area contributed by atoms with E-state index in [1.54, 1.807) is 42.5 Å². The molecule has 0 fully saturated rings. The Bertz CT molecular complexity index is 801. The number of benzene rings is 2. The number of rotatable bonds is 3. The SMILES string of the molecule is CC(=O)CC1c2ccccc2C(=O)N(c2ccccc2)N1C(C)=O. The van der Waals surface area contributed by atoms with Gasteiger partial charge in [-0.3, -0.25) is 14.4 Å². The van der Waals surface area contributed by atoms with E-state index >= 15 is 0 Å². The van der Waals surface area contributed by atoms with Gasteiger partial charge in [0.2, 0.25) is 5.91 Å². The summed E-state index contributed by atoms with van der Waals surface area (Å²) in [5, 5.41) is 2.76. The number of para-hydroxylation sites is 1. The summed E-state index contributed by atoms with van der Waals surface area (Å²) in [7, 11) is 0. The first-order valence-electron chi connectivity index (χ1n) is 7.78. The Hall–Kier alpha value is -2.95. The van der Waals surface area contributed by atoms with Crippen LogP contribution in [0.3, 0.4) is 0 Å². The summed E-state index contributed by atoms with van der Waals surface area (Å²) in [6.07, 6.45) is 0.160. The molecule has 1 unspecified atom stereocenters. The van der Waals surface area contributed by atoms with Crippen LogP contribution >= 0.6 is 0 Å². The number of anilines is 1. The number of carbonyl (C=O) groups is 3. The van der Waals surface area contributed by atoms with Crippen molar-refractivity contribution >= 4 is 23.3 Å². The van der Waals surface area contributed by atoms with Gasteiger partial charge in [-0.1, -0.05) is 36.4 Å². The van der Waals surface area contributed by atoms with Gasteiger partial charge in [0, 0.05) is 18.9 Å². The Morgan fingerprint density at radius 1 is 0.958 bits per heavy atom. The molecule has 24 heavy (non-hydrogen) atoms.